The van der Waals surface area contributed by atoms with Crippen molar-refractivity contribution in [2.24, 2.45) is 11.7 Å². The third kappa shape index (κ3) is 4.37. The Morgan fingerprint density at radius 1 is 1.44 bits per heavy atom. The molecule has 3 N–H and O–H groups in total. The van der Waals surface area contributed by atoms with Gasteiger partial charge in [-0.3, -0.25) is 4.79 Å². The number of ether oxygens (including phenoxy) is 1. The number of hydrogen-bond donors (Lipinski definition) is 2. The second-order valence-electron chi connectivity index (χ2n) is 5.01. The van der Waals surface area contributed by atoms with Gasteiger partial charge >= 0.3 is 0 Å². The molecule has 1 aliphatic rings. The Hall–Kier alpha value is -1.55. The minimum atomic E-state index is -0.119. The van der Waals surface area contributed by atoms with Gasteiger partial charge in [0.1, 0.15) is 5.75 Å². The molecule has 1 amide bonds. The SMILES string of the molecule is CC(N)CC(=O)Nc1ccc(OCC2CC2)cc1. The summed E-state index contributed by atoms with van der Waals surface area (Å²) in [5, 5.41) is 2.80. The fourth-order valence-electron chi connectivity index (χ4n) is 1.64. The van der Waals surface area contributed by atoms with Crippen LogP contribution in [-0.2, 0) is 4.79 Å². The minimum Gasteiger partial charge on any atom is -0.493 e. The number of nitrogens with two attached hydrogens (primary N) is 1. The minimum absolute atomic E-state index is 0.0587. The fourth-order valence-corrected chi connectivity index (χ4v) is 1.64. The van der Waals surface area contributed by atoms with Gasteiger partial charge in [-0.2, -0.15) is 0 Å². The number of amides is 1. The molecule has 0 spiro atoms. The van der Waals surface area contributed by atoms with E-state index in [-0.39, 0.29) is 11.9 Å². The normalized spacial score (nSPS) is 16.1. The van der Waals surface area contributed by atoms with Crippen LogP contribution in [0, 0.1) is 5.92 Å². The molecule has 18 heavy (non-hydrogen) atoms. The number of nitrogens with one attached hydrogen (secondary N) is 1. The Kier molecular flexibility index (Phi) is 4.20. The lowest BCUT2D eigenvalue weighted by Gasteiger charge is -2.09. The molecule has 0 aliphatic heterocycles. The van der Waals surface area contributed by atoms with Crippen LogP contribution in [0.1, 0.15) is 26.2 Å². The predicted octanol–water partition coefficient (Wildman–Crippen LogP) is 2.15. The van der Waals surface area contributed by atoms with Crippen LogP contribution in [0.25, 0.3) is 0 Å². The molecule has 1 saturated carbocycles. The maximum atomic E-state index is 11.5. The molecular weight excluding hydrogens is 228 g/mol. The van der Waals surface area contributed by atoms with Gasteiger partial charge in [0, 0.05) is 18.2 Å². The van der Waals surface area contributed by atoms with Crippen molar-refractivity contribution in [3.8, 4) is 5.75 Å². The molecule has 1 aromatic carbocycles. The van der Waals surface area contributed by atoms with Gasteiger partial charge in [-0.15, -0.1) is 0 Å². The maximum absolute atomic E-state index is 11.5. The highest BCUT2D eigenvalue weighted by Crippen LogP contribution is 2.29. The summed E-state index contributed by atoms with van der Waals surface area (Å²) in [4.78, 5) is 11.5. The van der Waals surface area contributed by atoms with Crippen molar-refractivity contribution in [1.29, 1.82) is 0 Å². The van der Waals surface area contributed by atoms with E-state index in [4.69, 9.17) is 10.5 Å². The van der Waals surface area contributed by atoms with Gasteiger partial charge in [0.15, 0.2) is 0 Å². The van der Waals surface area contributed by atoms with Crippen molar-refractivity contribution in [1.82, 2.24) is 0 Å². The molecule has 0 bridgehead atoms. The van der Waals surface area contributed by atoms with Gasteiger partial charge in [-0.25, -0.2) is 0 Å². The van der Waals surface area contributed by atoms with Crippen LogP contribution in [0.5, 0.6) is 5.75 Å². The lowest BCUT2D eigenvalue weighted by atomic mass is 10.2. The highest BCUT2D eigenvalue weighted by Gasteiger charge is 2.21. The highest BCUT2D eigenvalue weighted by atomic mass is 16.5. The van der Waals surface area contributed by atoms with E-state index in [1.165, 1.54) is 12.8 Å². The number of rotatable bonds is 6. The van der Waals surface area contributed by atoms with E-state index in [1.54, 1.807) is 0 Å². The van der Waals surface area contributed by atoms with Crippen LogP contribution >= 0.6 is 0 Å². The van der Waals surface area contributed by atoms with Crippen LogP contribution in [0.15, 0.2) is 24.3 Å². The summed E-state index contributed by atoms with van der Waals surface area (Å²) in [6.45, 7) is 2.62. The van der Waals surface area contributed by atoms with Crippen LogP contribution in [0.3, 0.4) is 0 Å². The smallest absolute Gasteiger partial charge is 0.225 e. The molecule has 98 valence electrons. The highest BCUT2D eigenvalue weighted by molar-refractivity contribution is 5.91. The summed E-state index contributed by atoms with van der Waals surface area (Å²) in [5.74, 6) is 1.54. The first-order valence-corrected chi connectivity index (χ1v) is 6.42. The molecule has 4 heteroatoms. The first-order valence-electron chi connectivity index (χ1n) is 6.42. The van der Waals surface area contributed by atoms with Gasteiger partial charge in [0.2, 0.25) is 5.91 Å². The number of carbonyl (C=O) groups excluding carboxylic acids is 1. The largest absolute Gasteiger partial charge is 0.493 e. The molecule has 0 radical (unpaired) electrons. The molecule has 1 atom stereocenters. The first kappa shape index (κ1) is 12.9. The summed E-state index contributed by atoms with van der Waals surface area (Å²) in [6, 6.07) is 7.34. The predicted molar refractivity (Wildman–Crippen MR) is 71.6 cm³/mol. The molecule has 1 aliphatic carbocycles. The van der Waals surface area contributed by atoms with Crippen LogP contribution in [-0.4, -0.2) is 18.6 Å². The molecule has 0 aromatic heterocycles. The Morgan fingerprint density at radius 3 is 2.67 bits per heavy atom. The van der Waals surface area contributed by atoms with Crippen molar-refractivity contribution in [2.45, 2.75) is 32.2 Å². The zero-order valence-corrected chi connectivity index (χ0v) is 10.7. The van der Waals surface area contributed by atoms with Gasteiger partial charge < -0.3 is 15.8 Å². The van der Waals surface area contributed by atoms with Crippen molar-refractivity contribution in [3.63, 3.8) is 0 Å². The maximum Gasteiger partial charge on any atom is 0.225 e. The van der Waals surface area contributed by atoms with Crippen molar-refractivity contribution in [3.05, 3.63) is 24.3 Å². The molecule has 0 heterocycles. The van der Waals surface area contributed by atoms with E-state index >= 15 is 0 Å². The van der Waals surface area contributed by atoms with Crippen molar-refractivity contribution < 1.29 is 9.53 Å². The van der Waals surface area contributed by atoms with E-state index < -0.39 is 0 Å². The number of anilines is 1. The van der Waals surface area contributed by atoms with Crippen molar-refractivity contribution >= 4 is 11.6 Å². The molecular formula is C14H20N2O2. The summed E-state index contributed by atoms with van der Waals surface area (Å²) >= 11 is 0. The second kappa shape index (κ2) is 5.87. The Morgan fingerprint density at radius 2 is 2.11 bits per heavy atom. The summed E-state index contributed by atoms with van der Waals surface area (Å²) < 4.78 is 5.62. The molecule has 4 nitrogen and oxygen atoms in total. The van der Waals surface area contributed by atoms with E-state index in [1.807, 2.05) is 31.2 Å². The Balaban J connectivity index is 1.80. The summed E-state index contributed by atoms with van der Waals surface area (Å²) in [7, 11) is 0. The van der Waals surface area contributed by atoms with E-state index in [2.05, 4.69) is 5.32 Å². The van der Waals surface area contributed by atoms with E-state index in [0.29, 0.717) is 6.42 Å². The van der Waals surface area contributed by atoms with Gasteiger partial charge in [-0.05, 0) is 49.9 Å². The van der Waals surface area contributed by atoms with Gasteiger partial charge in [0.05, 0.1) is 6.61 Å². The quantitative estimate of drug-likeness (QED) is 0.810. The number of hydrogen-bond acceptors (Lipinski definition) is 3. The third-order valence-corrected chi connectivity index (χ3v) is 2.83. The van der Waals surface area contributed by atoms with Crippen LogP contribution < -0.4 is 15.8 Å². The fraction of sp³-hybridized carbons (Fsp3) is 0.500. The standard InChI is InChI=1S/C14H20N2O2/c1-10(15)8-14(17)16-12-4-6-13(7-5-12)18-9-11-2-3-11/h4-7,10-11H,2-3,8-9,15H2,1H3,(H,16,17). The number of carbonyl (C=O) groups is 1. The average molecular weight is 248 g/mol. The molecule has 2 rings (SSSR count). The van der Waals surface area contributed by atoms with Crippen LogP contribution in [0.4, 0.5) is 5.69 Å². The lowest BCUT2D eigenvalue weighted by molar-refractivity contribution is -0.116. The Bertz CT molecular complexity index is 397. The lowest BCUT2D eigenvalue weighted by Crippen LogP contribution is -2.23. The summed E-state index contributed by atoms with van der Waals surface area (Å²) in [6.07, 6.45) is 2.90. The molecule has 1 fully saturated rings. The van der Waals surface area contributed by atoms with Gasteiger partial charge in [-0.1, -0.05) is 0 Å². The zero-order valence-electron chi connectivity index (χ0n) is 10.7. The van der Waals surface area contributed by atoms with Crippen molar-refractivity contribution in [2.75, 3.05) is 11.9 Å². The first-order chi connectivity index (χ1) is 8.63. The Labute approximate surface area is 108 Å². The molecule has 1 aromatic rings. The molecule has 1 unspecified atom stereocenters. The number of benzene rings is 1. The second-order valence-corrected chi connectivity index (χ2v) is 5.01. The van der Waals surface area contributed by atoms with Gasteiger partial charge in [0.25, 0.3) is 0 Å². The monoisotopic (exact) mass is 248 g/mol. The summed E-state index contributed by atoms with van der Waals surface area (Å²) in [5.41, 5.74) is 6.34. The topological polar surface area (TPSA) is 64.4 Å². The zero-order chi connectivity index (χ0) is 13.0. The van der Waals surface area contributed by atoms with Crippen LogP contribution in [0.2, 0.25) is 0 Å². The van der Waals surface area contributed by atoms with E-state index in [0.717, 1.165) is 24.0 Å². The van der Waals surface area contributed by atoms with E-state index in [9.17, 15) is 4.79 Å². The molecule has 0 saturated heterocycles. The average Bonchev–Trinajstić information content (AvgIpc) is 3.11. The third-order valence-electron chi connectivity index (χ3n) is 2.83.